The molecule has 2 rings (SSSR count). The second-order valence-corrected chi connectivity index (χ2v) is 8.55. The zero-order valence-electron chi connectivity index (χ0n) is 16.8. The average Bonchev–Trinajstić information content (AvgIpc) is 2.71. The first-order valence-electron chi connectivity index (χ1n) is 8.93. The normalized spacial score (nSPS) is 12.3. The lowest BCUT2D eigenvalue weighted by Gasteiger charge is -2.22. The molecule has 0 saturated heterocycles. The Labute approximate surface area is 183 Å². The van der Waals surface area contributed by atoms with Gasteiger partial charge in [0.1, 0.15) is 17.3 Å². The van der Waals surface area contributed by atoms with Crippen LogP contribution in [-0.2, 0) is 20.4 Å². The molecule has 4 N–H and O–H groups in total. The van der Waals surface area contributed by atoms with Crippen LogP contribution in [0.1, 0.15) is 35.2 Å². The van der Waals surface area contributed by atoms with Gasteiger partial charge in [0.05, 0.1) is 13.2 Å². The quantitative estimate of drug-likeness (QED) is 0.345. The molecule has 166 valence electrons. The number of pyridine rings is 1. The number of thioether (sulfide) groups is 1. The van der Waals surface area contributed by atoms with E-state index in [1.165, 1.54) is 23.4 Å². The highest BCUT2D eigenvalue weighted by Crippen LogP contribution is 2.37. The maximum Gasteiger partial charge on any atom is 0.469 e. The molecule has 0 atom stereocenters. The number of carbonyl (C=O) groups excluding carboxylic acids is 2. The number of allylic oxidation sites excluding steroid dienone is 1. The number of nitrogens with two attached hydrogens (primary N) is 1. The minimum atomic E-state index is -4.69. The number of anilines is 1. The van der Waals surface area contributed by atoms with Crippen LogP contribution in [0.3, 0.4) is 0 Å². The summed E-state index contributed by atoms with van der Waals surface area (Å²) in [6.45, 7) is 2.97. The van der Waals surface area contributed by atoms with Gasteiger partial charge in [0.15, 0.2) is 0 Å². The molecule has 0 aliphatic rings. The molecule has 0 fully saturated rings. The number of aryl methyl sites for hydroxylation is 1. The summed E-state index contributed by atoms with van der Waals surface area (Å²) in [5, 5.41) is -0.393. The zero-order chi connectivity index (χ0) is 23.0. The second-order valence-electron chi connectivity index (χ2n) is 6.25. The predicted molar refractivity (Wildman–Crippen MR) is 114 cm³/mol. The van der Waals surface area contributed by atoms with E-state index in [2.05, 4.69) is 19.5 Å². The van der Waals surface area contributed by atoms with Gasteiger partial charge in [-0.1, -0.05) is 6.07 Å². The lowest BCUT2D eigenvalue weighted by molar-refractivity contribution is -0.116. The minimum absolute atomic E-state index is 0.0234. The van der Waals surface area contributed by atoms with Crippen LogP contribution >= 0.6 is 19.6 Å². The van der Waals surface area contributed by atoms with Crippen molar-refractivity contribution in [2.45, 2.75) is 26.8 Å². The van der Waals surface area contributed by atoms with E-state index in [4.69, 9.17) is 15.5 Å². The third-order valence-electron chi connectivity index (χ3n) is 4.00. The summed E-state index contributed by atoms with van der Waals surface area (Å²) in [7, 11) is -4.69. The molecule has 0 bridgehead atoms. The van der Waals surface area contributed by atoms with Gasteiger partial charge in [0.25, 0.3) is 0 Å². The number of phosphoric acid groups is 1. The van der Waals surface area contributed by atoms with E-state index >= 15 is 0 Å². The third-order valence-corrected chi connectivity index (χ3v) is 5.66. The number of rotatable bonds is 10. The van der Waals surface area contributed by atoms with Crippen LogP contribution in [0, 0.1) is 6.92 Å². The number of carbonyl (C=O) groups is 2. The first kappa shape index (κ1) is 24.6. The van der Waals surface area contributed by atoms with Gasteiger partial charge in [0.2, 0.25) is 11.5 Å². The second kappa shape index (κ2) is 11.1. The first-order valence-corrected chi connectivity index (χ1v) is 11.3. The van der Waals surface area contributed by atoms with Crippen LogP contribution < -0.4 is 5.73 Å². The summed E-state index contributed by atoms with van der Waals surface area (Å²) in [5.41, 5.74) is 6.99. The number of nitrogens with zero attached hydrogens (tertiary/aromatic N) is 4. The van der Waals surface area contributed by atoms with E-state index in [9.17, 15) is 14.2 Å². The van der Waals surface area contributed by atoms with E-state index < -0.39 is 12.9 Å². The highest BCUT2D eigenvalue weighted by Gasteiger charge is 2.20. The Morgan fingerprint density at radius 3 is 2.68 bits per heavy atom. The highest BCUT2D eigenvalue weighted by atomic mass is 32.2. The Hall–Kier alpha value is -2.63. The molecule has 2 aromatic rings. The number of phosphoric ester groups is 1. The molecule has 0 aliphatic heterocycles. The van der Waals surface area contributed by atoms with Crippen molar-refractivity contribution in [3.63, 3.8) is 0 Å². The fourth-order valence-electron chi connectivity index (χ4n) is 2.42. The Balaban J connectivity index is 2.30. The molecule has 13 heteroatoms. The molecule has 0 radical (unpaired) electrons. The molecule has 2 heterocycles. The minimum Gasteiger partial charge on any atom is -0.383 e. The Bertz CT molecular complexity index is 1010. The molecule has 0 unspecified atom stereocenters. The summed E-state index contributed by atoms with van der Waals surface area (Å²) in [5.74, 6) is 0.703. The van der Waals surface area contributed by atoms with Gasteiger partial charge in [-0.25, -0.2) is 14.5 Å². The van der Waals surface area contributed by atoms with Crippen molar-refractivity contribution in [2.24, 2.45) is 0 Å². The van der Waals surface area contributed by atoms with Crippen LogP contribution in [0.4, 0.5) is 5.82 Å². The van der Waals surface area contributed by atoms with Crippen molar-refractivity contribution in [3.05, 3.63) is 58.3 Å². The van der Waals surface area contributed by atoms with Gasteiger partial charge in [-0.05, 0) is 37.7 Å². The van der Waals surface area contributed by atoms with E-state index in [-0.39, 0.29) is 31.1 Å². The van der Waals surface area contributed by atoms with Crippen LogP contribution in [0.15, 0.2) is 41.2 Å². The molecule has 0 aliphatic carbocycles. The first-order chi connectivity index (χ1) is 14.6. The molecule has 11 nitrogen and oxygen atoms in total. The lowest BCUT2D eigenvalue weighted by Crippen LogP contribution is -2.22. The van der Waals surface area contributed by atoms with Crippen molar-refractivity contribution < 1.29 is 28.5 Å². The Morgan fingerprint density at radius 2 is 2.10 bits per heavy atom. The van der Waals surface area contributed by atoms with E-state index in [1.807, 2.05) is 0 Å². The topological polar surface area (TPSA) is 169 Å². The number of hydrogen-bond donors (Lipinski definition) is 3. The number of aromatic nitrogens is 3. The molecular weight excluding hydrogens is 445 g/mol. The largest absolute Gasteiger partial charge is 0.469 e. The molecule has 0 aromatic carbocycles. The third kappa shape index (κ3) is 7.85. The van der Waals surface area contributed by atoms with Gasteiger partial charge in [-0.2, -0.15) is 0 Å². The number of amides is 1. The highest BCUT2D eigenvalue weighted by molar-refractivity contribution is 8.17. The van der Waals surface area contributed by atoms with E-state index in [0.717, 1.165) is 11.8 Å². The Kier molecular flexibility index (Phi) is 8.84. The molecule has 1 amide bonds. The lowest BCUT2D eigenvalue weighted by atomic mass is 10.2. The molecule has 2 aromatic heterocycles. The van der Waals surface area contributed by atoms with E-state index in [0.29, 0.717) is 28.4 Å². The van der Waals surface area contributed by atoms with Gasteiger partial charge in [-0.3, -0.25) is 19.1 Å². The van der Waals surface area contributed by atoms with Crippen LogP contribution in [0.5, 0.6) is 0 Å². The van der Waals surface area contributed by atoms with Crippen molar-refractivity contribution >= 4 is 36.9 Å². The summed E-state index contributed by atoms with van der Waals surface area (Å²) in [6.07, 6.45) is 3.51. The van der Waals surface area contributed by atoms with E-state index in [1.54, 1.807) is 26.0 Å². The van der Waals surface area contributed by atoms with Crippen LogP contribution in [-0.4, -0.2) is 47.8 Å². The zero-order valence-corrected chi connectivity index (χ0v) is 18.5. The fourth-order valence-corrected chi connectivity index (χ4v) is 3.65. The maximum atomic E-state index is 12.6. The van der Waals surface area contributed by atoms with Gasteiger partial charge >= 0.3 is 7.82 Å². The summed E-state index contributed by atoms with van der Waals surface area (Å²) in [6, 6.07) is 4.86. The van der Waals surface area contributed by atoms with Gasteiger partial charge < -0.3 is 20.4 Å². The smallest absolute Gasteiger partial charge is 0.383 e. The SMILES string of the molecule is C/C(=C(\CCOP(=O)(O)O)SC(=O)c1ccccn1)N(C=O)Cc1cnc(C)nc1N. The van der Waals surface area contributed by atoms with Crippen molar-refractivity contribution in [2.75, 3.05) is 12.3 Å². The fraction of sp³-hybridized carbons (Fsp3) is 0.278. The van der Waals surface area contributed by atoms with Crippen LogP contribution in [0.2, 0.25) is 0 Å². The molecule has 31 heavy (non-hydrogen) atoms. The summed E-state index contributed by atoms with van der Waals surface area (Å²) in [4.78, 5) is 56.0. The maximum absolute atomic E-state index is 12.6. The van der Waals surface area contributed by atoms with Crippen molar-refractivity contribution in [1.29, 1.82) is 0 Å². The van der Waals surface area contributed by atoms with Crippen molar-refractivity contribution in [1.82, 2.24) is 19.9 Å². The van der Waals surface area contributed by atoms with Crippen LogP contribution in [0.25, 0.3) is 0 Å². The predicted octanol–water partition coefficient (Wildman–Crippen LogP) is 2.03. The van der Waals surface area contributed by atoms with Crippen molar-refractivity contribution in [3.8, 4) is 0 Å². The number of nitrogen functional groups attached to an aromatic ring is 1. The average molecular weight is 467 g/mol. The molecule has 0 spiro atoms. The standard InChI is InChI=1S/C18H22N5O6PS/c1-12(23(11-24)10-14-9-21-13(2)22-17(14)19)16(6-8-29-30(26,27)28)31-18(25)15-5-3-4-7-20-15/h3-5,7,9,11H,6,8,10H2,1-2H3,(H2,19,21,22)(H2,26,27,28)/b16-12-. The summed E-state index contributed by atoms with van der Waals surface area (Å²) < 4.78 is 15.5. The molecule has 0 saturated carbocycles. The summed E-state index contributed by atoms with van der Waals surface area (Å²) >= 11 is 0.800. The number of hydrogen-bond acceptors (Lipinski definition) is 9. The van der Waals surface area contributed by atoms with Gasteiger partial charge in [-0.15, -0.1) is 0 Å². The van der Waals surface area contributed by atoms with Gasteiger partial charge in [0, 0.05) is 35.0 Å². The Morgan fingerprint density at radius 1 is 1.35 bits per heavy atom. The monoisotopic (exact) mass is 467 g/mol. The molecular formula is C18H22N5O6PS.